The molecule has 0 bridgehead atoms. The van der Waals surface area contributed by atoms with E-state index in [0.29, 0.717) is 17.5 Å². The fourth-order valence-corrected chi connectivity index (χ4v) is 2.45. The molecular formula is C15H20FNO. The Morgan fingerprint density at radius 2 is 2.00 bits per heavy atom. The zero-order valence-electron chi connectivity index (χ0n) is 10.9. The van der Waals surface area contributed by atoms with Crippen LogP contribution in [0.25, 0.3) is 0 Å². The number of likely N-dealkylation sites (tertiary alicyclic amines) is 1. The number of carbonyl (C=O) groups excluding carboxylic acids is 1. The maximum absolute atomic E-state index is 13.5. The molecular weight excluding hydrogens is 229 g/mol. The summed E-state index contributed by atoms with van der Waals surface area (Å²) in [7, 11) is 0. The van der Waals surface area contributed by atoms with Gasteiger partial charge in [-0.05, 0) is 49.4 Å². The van der Waals surface area contributed by atoms with E-state index in [4.69, 9.17) is 0 Å². The second-order valence-corrected chi connectivity index (χ2v) is 4.91. The lowest BCUT2D eigenvalue weighted by Gasteiger charge is -2.26. The van der Waals surface area contributed by atoms with Crippen molar-refractivity contribution < 1.29 is 9.18 Å². The molecule has 0 spiro atoms. The predicted octanol–water partition coefficient (Wildman–Crippen LogP) is 3.40. The zero-order chi connectivity index (χ0) is 13.0. The Bertz CT molecular complexity index is 425. The fraction of sp³-hybridized carbons (Fsp3) is 0.533. The van der Waals surface area contributed by atoms with Crippen molar-refractivity contribution in [1.82, 2.24) is 4.90 Å². The number of rotatable bonds is 3. The minimum absolute atomic E-state index is 0.0482. The monoisotopic (exact) mass is 249 g/mol. The maximum Gasteiger partial charge on any atom is 0.253 e. The molecule has 1 heterocycles. The Morgan fingerprint density at radius 3 is 2.67 bits per heavy atom. The van der Waals surface area contributed by atoms with E-state index in [0.717, 1.165) is 32.4 Å². The SMILES string of the molecule is CCCc1cc(C(=O)N2CCCCC2)ccc1F. The highest BCUT2D eigenvalue weighted by Gasteiger charge is 2.18. The van der Waals surface area contributed by atoms with Crippen LogP contribution in [0, 0.1) is 5.82 Å². The molecule has 2 nitrogen and oxygen atoms in total. The summed E-state index contributed by atoms with van der Waals surface area (Å²) in [6, 6.07) is 4.74. The highest BCUT2D eigenvalue weighted by molar-refractivity contribution is 5.94. The molecule has 0 aromatic heterocycles. The molecule has 0 saturated carbocycles. The summed E-state index contributed by atoms with van der Waals surface area (Å²) in [5, 5.41) is 0. The molecule has 0 unspecified atom stereocenters. The Morgan fingerprint density at radius 1 is 1.28 bits per heavy atom. The number of amides is 1. The van der Waals surface area contributed by atoms with Crippen LogP contribution in [0.3, 0.4) is 0 Å². The van der Waals surface area contributed by atoms with Gasteiger partial charge in [0.15, 0.2) is 0 Å². The number of piperidine rings is 1. The van der Waals surface area contributed by atoms with E-state index >= 15 is 0 Å². The molecule has 1 saturated heterocycles. The topological polar surface area (TPSA) is 20.3 Å². The smallest absolute Gasteiger partial charge is 0.253 e. The van der Waals surface area contributed by atoms with Gasteiger partial charge >= 0.3 is 0 Å². The van der Waals surface area contributed by atoms with Crippen molar-refractivity contribution in [3.8, 4) is 0 Å². The van der Waals surface area contributed by atoms with Crippen LogP contribution < -0.4 is 0 Å². The third-order valence-electron chi connectivity index (χ3n) is 3.46. The maximum atomic E-state index is 13.5. The number of nitrogens with zero attached hydrogens (tertiary/aromatic N) is 1. The molecule has 0 aliphatic carbocycles. The average Bonchev–Trinajstić information content (AvgIpc) is 2.42. The van der Waals surface area contributed by atoms with Crippen LogP contribution in [0.5, 0.6) is 0 Å². The molecule has 0 atom stereocenters. The number of halogens is 1. The zero-order valence-corrected chi connectivity index (χ0v) is 10.9. The van der Waals surface area contributed by atoms with Crippen LogP contribution in [-0.4, -0.2) is 23.9 Å². The number of carbonyl (C=O) groups is 1. The molecule has 3 heteroatoms. The van der Waals surface area contributed by atoms with Gasteiger partial charge in [-0.2, -0.15) is 0 Å². The van der Waals surface area contributed by atoms with E-state index in [-0.39, 0.29) is 11.7 Å². The van der Waals surface area contributed by atoms with Gasteiger partial charge < -0.3 is 4.90 Å². The van der Waals surface area contributed by atoms with Crippen molar-refractivity contribution in [2.45, 2.75) is 39.0 Å². The van der Waals surface area contributed by atoms with Crippen LogP contribution in [-0.2, 0) is 6.42 Å². The first-order valence-corrected chi connectivity index (χ1v) is 6.80. The van der Waals surface area contributed by atoms with E-state index in [2.05, 4.69) is 0 Å². The van der Waals surface area contributed by atoms with E-state index in [1.165, 1.54) is 12.5 Å². The summed E-state index contributed by atoms with van der Waals surface area (Å²) in [4.78, 5) is 14.2. The standard InChI is InChI=1S/C15H20FNO/c1-2-6-12-11-13(7-8-14(12)16)15(18)17-9-4-3-5-10-17/h7-8,11H,2-6,9-10H2,1H3. The number of aryl methyl sites for hydroxylation is 1. The fourth-order valence-electron chi connectivity index (χ4n) is 2.45. The Hall–Kier alpha value is -1.38. The Kier molecular flexibility index (Phi) is 4.34. The van der Waals surface area contributed by atoms with Gasteiger partial charge in [-0.3, -0.25) is 4.79 Å². The van der Waals surface area contributed by atoms with Gasteiger partial charge in [-0.1, -0.05) is 13.3 Å². The molecule has 0 N–H and O–H groups in total. The van der Waals surface area contributed by atoms with Crippen LogP contribution in [0.4, 0.5) is 4.39 Å². The van der Waals surface area contributed by atoms with Gasteiger partial charge in [-0.15, -0.1) is 0 Å². The molecule has 1 amide bonds. The second kappa shape index (κ2) is 5.98. The third-order valence-corrected chi connectivity index (χ3v) is 3.46. The summed E-state index contributed by atoms with van der Waals surface area (Å²) in [5.41, 5.74) is 1.28. The minimum atomic E-state index is -0.202. The minimum Gasteiger partial charge on any atom is -0.339 e. The largest absolute Gasteiger partial charge is 0.339 e. The molecule has 0 radical (unpaired) electrons. The van der Waals surface area contributed by atoms with Gasteiger partial charge in [0.25, 0.3) is 5.91 Å². The van der Waals surface area contributed by atoms with Gasteiger partial charge in [0, 0.05) is 18.7 Å². The summed E-state index contributed by atoms with van der Waals surface area (Å²) >= 11 is 0. The highest BCUT2D eigenvalue weighted by Crippen LogP contribution is 2.17. The van der Waals surface area contributed by atoms with Crippen molar-refractivity contribution in [2.24, 2.45) is 0 Å². The third kappa shape index (κ3) is 2.89. The van der Waals surface area contributed by atoms with Crippen molar-refractivity contribution >= 4 is 5.91 Å². The summed E-state index contributed by atoms with van der Waals surface area (Å²) in [5.74, 6) is -0.154. The van der Waals surface area contributed by atoms with Crippen molar-refractivity contribution in [3.63, 3.8) is 0 Å². The van der Waals surface area contributed by atoms with Gasteiger partial charge in [0.2, 0.25) is 0 Å². The quantitative estimate of drug-likeness (QED) is 0.804. The average molecular weight is 249 g/mol. The summed E-state index contributed by atoms with van der Waals surface area (Å²) < 4.78 is 13.5. The van der Waals surface area contributed by atoms with Crippen LogP contribution in [0.2, 0.25) is 0 Å². The first-order valence-electron chi connectivity index (χ1n) is 6.80. The molecule has 1 fully saturated rings. The molecule has 1 aromatic rings. The van der Waals surface area contributed by atoms with Crippen molar-refractivity contribution in [1.29, 1.82) is 0 Å². The summed E-state index contributed by atoms with van der Waals surface area (Å²) in [6.07, 6.45) is 4.93. The van der Waals surface area contributed by atoms with Gasteiger partial charge in [-0.25, -0.2) is 4.39 Å². The van der Waals surface area contributed by atoms with Crippen LogP contribution >= 0.6 is 0 Å². The molecule has 1 aliphatic heterocycles. The van der Waals surface area contributed by atoms with E-state index in [9.17, 15) is 9.18 Å². The first-order chi connectivity index (χ1) is 8.72. The Labute approximate surface area is 108 Å². The molecule has 1 aromatic carbocycles. The van der Waals surface area contributed by atoms with Crippen molar-refractivity contribution in [3.05, 3.63) is 35.1 Å². The molecule has 98 valence electrons. The van der Waals surface area contributed by atoms with Crippen LogP contribution in [0.15, 0.2) is 18.2 Å². The van der Waals surface area contributed by atoms with E-state index in [1.807, 2.05) is 11.8 Å². The first kappa shape index (κ1) is 13.1. The van der Waals surface area contributed by atoms with Gasteiger partial charge in [0.05, 0.1) is 0 Å². The normalized spacial score (nSPS) is 15.8. The van der Waals surface area contributed by atoms with E-state index in [1.54, 1.807) is 12.1 Å². The lowest BCUT2D eigenvalue weighted by Crippen LogP contribution is -2.35. The van der Waals surface area contributed by atoms with E-state index < -0.39 is 0 Å². The number of benzene rings is 1. The van der Waals surface area contributed by atoms with Crippen molar-refractivity contribution in [2.75, 3.05) is 13.1 Å². The highest BCUT2D eigenvalue weighted by atomic mass is 19.1. The van der Waals surface area contributed by atoms with Gasteiger partial charge in [0.1, 0.15) is 5.82 Å². The predicted molar refractivity (Wildman–Crippen MR) is 70.1 cm³/mol. The number of hydrogen-bond donors (Lipinski definition) is 0. The van der Waals surface area contributed by atoms with Crippen LogP contribution in [0.1, 0.15) is 48.5 Å². The molecule has 1 aliphatic rings. The lowest BCUT2D eigenvalue weighted by molar-refractivity contribution is 0.0724. The number of hydrogen-bond acceptors (Lipinski definition) is 1. The Balaban J connectivity index is 2.16. The summed E-state index contributed by atoms with van der Waals surface area (Å²) in [6.45, 7) is 3.68. The molecule has 2 rings (SSSR count). The second-order valence-electron chi connectivity index (χ2n) is 4.91. The lowest BCUT2D eigenvalue weighted by atomic mass is 10.0. The molecule has 18 heavy (non-hydrogen) atoms.